The summed E-state index contributed by atoms with van der Waals surface area (Å²) in [5.74, 6) is 0.0453. The molecule has 0 spiro atoms. The number of fused-ring (bicyclic) bond motifs is 5. The summed E-state index contributed by atoms with van der Waals surface area (Å²) in [5.41, 5.74) is 7.84. The van der Waals surface area contributed by atoms with Gasteiger partial charge in [-0.1, -0.05) is 0 Å². The van der Waals surface area contributed by atoms with Gasteiger partial charge in [0.15, 0.2) is 0 Å². The first-order valence-electron chi connectivity index (χ1n) is 11.6. The molecule has 6 rings (SSSR count). The van der Waals surface area contributed by atoms with Crippen molar-refractivity contribution in [1.82, 2.24) is 30.8 Å². The summed E-state index contributed by atoms with van der Waals surface area (Å²) in [6, 6.07) is 0.354. The lowest BCUT2D eigenvalue weighted by Gasteiger charge is -2.39. The second-order valence-electron chi connectivity index (χ2n) is 9.36. The van der Waals surface area contributed by atoms with Crippen LogP contribution in [0.1, 0.15) is 53.8 Å². The average molecular weight is 458 g/mol. The molecule has 0 aromatic carbocycles. The molecule has 4 aliphatic rings. The maximum absolute atomic E-state index is 13.8. The van der Waals surface area contributed by atoms with Crippen LogP contribution in [-0.2, 0) is 19.0 Å². The molecule has 2 aromatic rings. The van der Waals surface area contributed by atoms with Gasteiger partial charge in [0.25, 0.3) is 0 Å². The first-order valence-corrected chi connectivity index (χ1v) is 11.6. The second-order valence-corrected chi connectivity index (χ2v) is 9.36. The number of aromatic amines is 1. The van der Waals surface area contributed by atoms with Gasteiger partial charge in [-0.3, -0.25) is 5.10 Å². The molecule has 2 aromatic heterocycles. The summed E-state index contributed by atoms with van der Waals surface area (Å²) < 4.78 is 41.3. The molecule has 33 heavy (non-hydrogen) atoms. The van der Waals surface area contributed by atoms with Gasteiger partial charge in [0.05, 0.1) is 34.9 Å². The standard InChI is InChI=1S/C23H26F3N7/c1-12-11-33(7-6-27-12)18-8-17-15(9-28-31-17)19-13-4-2-3-5-14(13)20(30-21(18)19)16-10-29-32-22(16)23(24,25)26/h8-10,12,15,17,27,31H,2-7,11H2,1H3,(H,29,32)/t12-,15?,17?/m1/s1. The molecule has 3 atom stereocenters. The molecule has 4 heterocycles. The van der Waals surface area contributed by atoms with Crippen molar-refractivity contribution in [1.29, 1.82) is 0 Å². The highest BCUT2D eigenvalue weighted by Crippen LogP contribution is 2.45. The third-order valence-corrected chi connectivity index (χ3v) is 7.20. The fourth-order valence-electron chi connectivity index (χ4n) is 5.74. The van der Waals surface area contributed by atoms with Gasteiger partial charge in [-0.2, -0.15) is 23.4 Å². The van der Waals surface area contributed by atoms with E-state index in [1.165, 1.54) is 6.20 Å². The van der Waals surface area contributed by atoms with Crippen molar-refractivity contribution in [3.63, 3.8) is 0 Å². The number of nitrogens with one attached hydrogen (secondary N) is 3. The highest BCUT2D eigenvalue weighted by Gasteiger charge is 2.41. The number of hydrogen-bond donors (Lipinski definition) is 3. The smallest absolute Gasteiger partial charge is 0.367 e. The lowest BCUT2D eigenvalue weighted by Crippen LogP contribution is -2.49. The summed E-state index contributed by atoms with van der Waals surface area (Å²) in [4.78, 5) is 7.31. The van der Waals surface area contributed by atoms with Gasteiger partial charge >= 0.3 is 6.18 Å². The Hall–Kier alpha value is -2.88. The van der Waals surface area contributed by atoms with Crippen LogP contribution in [0.5, 0.6) is 0 Å². The Bertz CT molecular complexity index is 1150. The van der Waals surface area contributed by atoms with Crippen LogP contribution >= 0.6 is 0 Å². The first kappa shape index (κ1) is 20.7. The molecule has 174 valence electrons. The summed E-state index contributed by atoms with van der Waals surface area (Å²) in [5, 5.41) is 13.7. The highest BCUT2D eigenvalue weighted by atomic mass is 19.4. The molecular formula is C23H26F3N7. The molecule has 7 nitrogen and oxygen atoms in total. The van der Waals surface area contributed by atoms with Gasteiger partial charge in [-0.15, -0.1) is 0 Å². The second kappa shape index (κ2) is 7.58. The van der Waals surface area contributed by atoms with Crippen molar-refractivity contribution >= 4 is 11.9 Å². The fourth-order valence-corrected chi connectivity index (χ4v) is 5.74. The largest absolute Gasteiger partial charge is 0.433 e. The third-order valence-electron chi connectivity index (χ3n) is 7.20. The molecule has 2 aliphatic heterocycles. The van der Waals surface area contributed by atoms with E-state index in [4.69, 9.17) is 4.98 Å². The number of rotatable bonds is 2. The number of piperazine rings is 1. The summed E-state index contributed by atoms with van der Waals surface area (Å²) in [6.07, 6.45) is 4.35. The van der Waals surface area contributed by atoms with E-state index >= 15 is 0 Å². The van der Waals surface area contributed by atoms with Crippen LogP contribution in [0.4, 0.5) is 13.2 Å². The molecular weight excluding hydrogens is 431 g/mol. The van der Waals surface area contributed by atoms with Crippen LogP contribution in [0.3, 0.4) is 0 Å². The van der Waals surface area contributed by atoms with Gasteiger partial charge in [0, 0.05) is 37.8 Å². The van der Waals surface area contributed by atoms with Gasteiger partial charge in [-0.05, 0) is 55.4 Å². The van der Waals surface area contributed by atoms with Crippen LogP contribution in [-0.4, -0.2) is 58.0 Å². The number of alkyl halides is 3. The van der Waals surface area contributed by atoms with Crippen LogP contribution in [0.25, 0.3) is 17.0 Å². The molecule has 1 saturated heterocycles. The first-order chi connectivity index (χ1) is 15.9. The van der Waals surface area contributed by atoms with E-state index < -0.39 is 11.9 Å². The summed E-state index contributed by atoms with van der Waals surface area (Å²) in [7, 11) is 0. The molecule has 0 radical (unpaired) electrons. The van der Waals surface area contributed by atoms with E-state index in [0.29, 0.717) is 11.7 Å². The van der Waals surface area contributed by atoms with E-state index in [9.17, 15) is 13.2 Å². The predicted molar refractivity (Wildman–Crippen MR) is 119 cm³/mol. The van der Waals surface area contributed by atoms with Crippen molar-refractivity contribution in [3.8, 4) is 11.3 Å². The zero-order valence-electron chi connectivity index (χ0n) is 18.3. The molecule has 1 fully saturated rings. The van der Waals surface area contributed by atoms with E-state index in [-0.39, 0.29) is 17.5 Å². The molecule has 0 bridgehead atoms. The lowest BCUT2D eigenvalue weighted by atomic mass is 9.76. The average Bonchev–Trinajstić information content (AvgIpc) is 3.47. The number of hydrogen-bond acceptors (Lipinski definition) is 6. The van der Waals surface area contributed by atoms with Crippen molar-refractivity contribution in [2.45, 2.75) is 56.8 Å². The molecule has 0 saturated carbocycles. The minimum atomic E-state index is -4.52. The summed E-state index contributed by atoms with van der Waals surface area (Å²) >= 11 is 0. The molecule has 10 heteroatoms. The Morgan fingerprint density at radius 1 is 1.12 bits per heavy atom. The molecule has 0 amide bonds. The fraction of sp³-hybridized carbons (Fsp3) is 0.522. The minimum Gasteiger partial charge on any atom is -0.367 e. The predicted octanol–water partition coefficient (Wildman–Crippen LogP) is 3.06. The van der Waals surface area contributed by atoms with E-state index in [1.54, 1.807) is 0 Å². The zero-order valence-corrected chi connectivity index (χ0v) is 18.3. The number of pyridine rings is 1. The van der Waals surface area contributed by atoms with Crippen molar-refractivity contribution < 1.29 is 13.2 Å². The van der Waals surface area contributed by atoms with E-state index in [1.807, 2.05) is 6.21 Å². The zero-order chi connectivity index (χ0) is 22.7. The Kier molecular flexibility index (Phi) is 4.76. The maximum atomic E-state index is 13.8. The molecule has 2 unspecified atom stereocenters. The maximum Gasteiger partial charge on any atom is 0.433 e. The third kappa shape index (κ3) is 3.34. The Labute approximate surface area is 189 Å². The minimum absolute atomic E-state index is 0.0380. The Morgan fingerprint density at radius 2 is 1.94 bits per heavy atom. The number of nitrogens with zero attached hydrogens (tertiary/aromatic N) is 4. The van der Waals surface area contributed by atoms with Crippen LogP contribution < -0.4 is 10.7 Å². The number of aromatic nitrogens is 3. The topological polar surface area (TPSA) is 81.2 Å². The molecule has 2 aliphatic carbocycles. The lowest BCUT2D eigenvalue weighted by molar-refractivity contribution is -0.140. The highest BCUT2D eigenvalue weighted by molar-refractivity contribution is 5.84. The Morgan fingerprint density at radius 3 is 2.73 bits per heavy atom. The van der Waals surface area contributed by atoms with Crippen LogP contribution in [0.15, 0.2) is 17.4 Å². The normalized spacial score (nSPS) is 26.4. The van der Waals surface area contributed by atoms with Crippen LogP contribution in [0.2, 0.25) is 0 Å². The number of H-pyrrole nitrogens is 1. The molecule has 3 N–H and O–H groups in total. The van der Waals surface area contributed by atoms with Gasteiger partial charge in [-0.25, -0.2) is 4.98 Å². The van der Waals surface area contributed by atoms with Crippen molar-refractivity contribution in [3.05, 3.63) is 40.4 Å². The van der Waals surface area contributed by atoms with Gasteiger partial charge in [0.2, 0.25) is 0 Å². The van der Waals surface area contributed by atoms with Crippen molar-refractivity contribution in [2.24, 2.45) is 5.10 Å². The SMILES string of the molecule is C[C@@H]1CN(C2=CC3NN=CC3c3c2nc(-c2cn[nH]c2C(F)(F)F)c2c3CCCC2)CCN1. The van der Waals surface area contributed by atoms with Crippen LogP contribution in [0, 0.1) is 0 Å². The van der Waals surface area contributed by atoms with Gasteiger partial charge < -0.3 is 15.6 Å². The van der Waals surface area contributed by atoms with Crippen molar-refractivity contribution in [2.75, 3.05) is 19.6 Å². The number of halogens is 3. The van der Waals surface area contributed by atoms with E-state index in [0.717, 1.165) is 73.4 Å². The number of hydrazone groups is 1. The Balaban J connectivity index is 1.58. The van der Waals surface area contributed by atoms with E-state index in [2.05, 4.69) is 43.9 Å². The monoisotopic (exact) mass is 457 g/mol. The quantitative estimate of drug-likeness (QED) is 0.646. The summed E-state index contributed by atoms with van der Waals surface area (Å²) in [6.45, 7) is 4.63. The van der Waals surface area contributed by atoms with Gasteiger partial charge in [0.1, 0.15) is 5.69 Å².